The van der Waals surface area contributed by atoms with Gasteiger partial charge in [-0.15, -0.1) is 0 Å². The van der Waals surface area contributed by atoms with Crippen molar-refractivity contribution in [1.82, 2.24) is 30.4 Å². The molecule has 0 fully saturated rings. The molecular weight excluding hydrogens is 475 g/mol. The summed E-state index contributed by atoms with van der Waals surface area (Å²) >= 11 is 0. The first kappa shape index (κ1) is 26.8. The molecule has 4 rings (SSSR count). The van der Waals surface area contributed by atoms with E-state index in [9.17, 15) is 4.39 Å². The third-order valence-corrected chi connectivity index (χ3v) is 6.59. The third-order valence-electron chi connectivity index (χ3n) is 6.59. The first-order chi connectivity index (χ1) is 18.3. The van der Waals surface area contributed by atoms with Crippen LogP contribution in [-0.2, 0) is 6.42 Å². The number of aryl methyl sites for hydroxylation is 1. The van der Waals surface area contributed by atoms with E-state index in [-0.39, 0.29) is 5.82 Å². The molecule has 0 spiro atoms. The SMILES string of the molecule is C=C(NC)/C(=C\C(=C/C)c1cn[nH]c1)C(=C)c1cc2c(-c3cc(F)cc(CCCN(C)C)c3)ccnc2[nH]1. The van der Waals surface area contributed by atoms with Gasteiger partial charge >= 0.3 is 0 Å². The fourth-order valence-electron chi connectivity index (χ4n) is 4.52. The van der Waals surface area contributed by atoms with Crippen LogP contribution in [0.2, 0.25) is 0 Å². The molecule has 0 amide bonds. The number of likely N-dealkylation sites (N-methyl/N-ethyl adjacent to an activating group) is 1. The van der Waals surface area contributed by atoms with Crippen LogP contribution in [0.1, 0.15) is 30.2 Å². The van der Waals surface area contributed by atoms with Crippen LogP contribution in [0.5, 0.6) is 0 Å². The molecule has 3 aromatic heterocycles. The van der Waals surface area contributed by atoms with Gasteiger partial charge in [-0.25, -0.2) is 9.37 Å². The number of pyridine rings is 1. The molecule has 7 heteroatoms. The summed E-state index contributed by atoms with van der Waals surface area (Å²) in [6.45, 7) is 11.5. The normalized spacial score (nSPS) is 12.4. The summed E-state index contributed by atoms with van der Waals surface area (Å²) in [5, 5.41) is 11.0. The molecule has 0 aliphatic carbocycles. The maximum atomic E-state index is 14.7. The lowest BCUT2D eigenvalue weighted by atomic mass is 9.96. The van der Waals surface area contributed by atoms with Gasteiger partial charge in [0.05, 0.1) is 6.20 Å². The Morgan fingerprint density at radius 2 is 2.00 bits per heavy atom. The van der Waals surface area contributed by atoms with E-state index in [0.717, 1.165) is 75.1 Å². The van der Waals surface area contributed by atoms with Crippen molar-refractivity contribution in [2.75, 3.05) is 27.7 Å². The van der Waals surface area contributed by atoms with Gasteiger partial charge in [0, 0.05) is 52.9 Å². The summed E-state index contributed by atoms with van der Waals surface area (Å²) in [6, 6.07) is 9.25. The van der Waals surface area contributed by atoms with Crippen LogP contribution >= 0.6 is 0 Å². The van der Waals surface area contributed by atoms with Gasteiger partial charge < -0.3 is 15.2 Å². The van der Waals surface area contributed by atoms with Crippen molar-refractivity contribution < 1.29 is 4.39 Å². The Kier molecular flexibility index (Phi) is 8.38. The molecule has 196 valence electrons. The van der Waals surface area contributed by atoms with Gasteiger partial charge in [-0.1, -0.05) is 25.3 Å². The molecule has 6 nitrogen and oxygen atoms in total. The standard InChI is InChI=1S/C31H35FN6/c1-7-23(25-18-35-36-19-25)16-28(21(3)33-4)20(2)30-17-29-27(10-11-34-31(29)37-30)24-13-22(14-26(32)15-24)9-8-12-38(5)6/h7,10-11,13-19,33H,2-3,8-9,12H2,1,4-6H3,(H,34,37)(H,35,36)/b23-7+,28-16-. The molecule has 0 aliphatic heterocycles. The summed E-state index contributed by atoms with van der Waals surface area (Å²) in [5.74, 6) is -0.235. The van der Waals surface area contributed by atoms with Crippen LogP contribution in [0, 0.1) is 5.82 Å². The number of H-pyrrole nitrogens is 2. The van der Waals surface area contributed by atoms with Gasteiger partial charge in [0.1, 0.15) is 11.5 Å². The number of fused-ring (bicyclic) bond motifs is 1. The Labute approximate surface area is 223 Å². The smallest absolute Gasteiger partial charge is 0.138 e. The molecule has 0 atom stereocenters. The lowest BCUT2D eigenvalue weighted by Gasteiger charge is -2.14. The van der Waals surface area contributed by atoms with E-state index in [1.807, 2.05) is 58.5 Å². The Balaban J connectivity index is 1.73. The second-order valence-corrected chi connectivity index (χ2v) is 9.55. The highest BCUT2D eigenvalue weighted by atomic mass is 19.1. The molecule has 4 aromatic rings. The molecule has 3 N–H and O–H groups in total. The number of rotatable bonds is 11. The molecule has 0 saturated heterocycles. The van der Waals surface area contributed by atoms with Crippen molar-refractivity contribution in [3.8, 4) is 11.1 Å². The molecule has 0 aliphatic rings. The summed E-state index contributed by atoms with van der Waals surface area (Å²) < 4.78 is 14.7. The highest BCUT2D eigenvalue weighted by Crippen LogP contribution is 2.34. The van der Waals surface area contributed by atoms with Gasteiger partial charge in [-0.05, 0) is 93.0 Å². The van der Waals surface area contributed by atoms with E-state index in [1.54, 1.807) is 24.5 Å². The minimum atomic E-state index is -0.235. The zero-order valence-electron chi connectivity index (χ0n) is 22.5. The van der Waals surface area contributed by atoms with Gasteiger partial charge in [-0.2, -0.15) is 5.10 Å². The summed E-state index contributed by atoms with van der Waals surface area (Å²) in [5.41, 5.74) is 8.57. The molecule has 0 radical (unpaired) electrons. The number of aromatic nitrogens is 4. The van der Waals surface area contributed by atoms with Crippen molar-refractivity contribution in [2.45, 2.75) is 19.8 Å². The maximum Gasteiger partial charge on any atom is 0.138 e. The van der Waals surface area contributed by atoms with E-state index in [1.165, 1.54) is 0 Å². The average molecular weight is 511 g/mol. The van der Waals surface area contributed by atoms with Crippen LogP contribution in [0.15, 0.2) is 85.5 Å². The monoisotopic (exact) mass is 510 g/mol. The van der Waals surface area contributed by atoms with E-state index < -0.39 is 0 Å². The van der Waals surface area contributed by atoms with Crippen LogP contribution in [0.3, 0.4) is 0 Å². The second kappa shape index (κ2) is 11.9. The topological polar surface area (TPSA) is 72.6 Å². The molecule has 0 unspecified atom stereocenters. The number of benzene rings is 1. The predicted molar refractivity (Wildman–Crippen MR) is 156 cm³/mol. The zero-order chi connectivity index (χ0) is 27.2. The second-order valence-electron chi connectivity index (χ2n) is 9.55. The minimum absolute atomic E-state index is 0.235. The third kappa shape index (κ3) is 6.01. The highest BCUT2D eigenvalue weighted by Gasteiger charge is 2.16. The largest absolute Gasteiger partial charge is 0.388 e. The zero-order valence-corrected chi connectivity index (χ0v) is 22.5. The molecule has 0 saturated carbocycles. The van der Waals surface area contributed by atoms with Gasteiger partial charge in [0.2, 0.25) is 0 Å². The van der Waals surface area contributed by atoms with Crippen molar-refractivity contribution in [3.63, 3.8) is 0 Å². The molecule has 3 heterocycles. The fourth-order valence-corrected chi connectivity index (χ4v) is 4.52. The van der Waals surface area contributed by atoms with E-state index >= 15 is 0 Å². The van der Waals surface area contributed by atoms with Crippen molar-refractivity contribution >= 4 is 22.2 Å². The Morgan fingerprint density at radius 3 is 2.68 bits per heavy atom. The van der Waals surface area contributed by atoms with Crippen molar-refractivity contribution in [3.05, 3.63) is 108 Å². The van der Waals surface area contributed by atoms with Crippen molar-refractivity contribution in [1.29, 1.82) is 0 Å². The van der Waals surface area contributed by atoms with Crippen LogP contribution in [0.25, 0.3) is 33.3 Å². The highest BCUT2D eigenvalue weighted by molar-refractivity contribution is 5.97. The summed E-state index contributed by atoms with van der Waals surface area (Å²) in [4.78, 5) is 10.1. The van der Waals surface area contributed by atoms with Crippen LogP contribution < -0.4 is 5.32 Å². The Bertz CT molecular complexity index is 1500. The molecule has 1 aromatic carbocycles. The van der Waals surface area contributed by atoms with Crippen LogP contribution in [0.4, 0.5) is 4.39 Å². The first-order valence-corrected chi connectivity index (χ1v) is 12.7. The first-order valence-electron chi connectivity index (χ1n) is 12.7. The van der Waals surface area contributed by atoms with E-state index in [0.29, 0.717) is 5.65 Å². The number of halogens is 1. The molecule has 38 heavy (non-hydrogen) atoms. The fraction of sp³-hybridized carbons (Fsp3) is 0.226. The number of nitrogens with one attached hydrogen (secondary N) is 3. The average Bonchev–Trinajstić information content (AvgIpc) is 3.58. The number of nitrogens with zero attached hydrogens (tertiary/aromatic N) is 3. The lowest BCUT2D eigenvalue weighted by molar-refractivity contribution is 0.400. The number of aromatic amines is 2. The van der Waals surface area contributed by atoms with E-state index in [2.05, 4.69) is 49.6 Å². The number of hydrogen-bond donors (Lipinski definition) is 3. The van der Waals surface area contributed by atoms with Crippen molar-refractivity contribution in [2.24, 2.45) is 0 Å². The van der Waals surface area contributed by atoms with E-state index in [4.69, 9.17) is 0 Å². The van der Waals surface area contributed by atoms with Crippen LogP contribution in [-0.4, -0.2) is 52.8 Å². The van der Waals surface area contributed by atoms with Gasteiger partial charge in [0.15, 0.2) is 0 Å². The Hall–Kier alpha value is -4.23. The van der Waals surface area contributed by atoms with Gasteiger partial charge in [-0.3, -0.25) is 5.10 Å². The lowest BCUT2D eigenvalue weighted by Crippen LogP contribution is -2.13. The summed E-state index contributed by atoms with van der Waals surface area (Å²) in [7, 11) is 5.93. The summed E-state index contributed by atoms with van der Waals surface area (Å²) in [6.07, 6.45) is 11.2. The molecule has 0 bridgehead atoms. The maximum absolute atomic E-state index is 14.7. The Morgan fingerprint density at radius 1 is 1.18 bits per heavy atom. The predicted octanol–water partition coefficient (Wildman–Crippen LogP) is 6.36. The number of hydrogen-bond acceptors (Lipinski definition) is 4. The minimum Gasteiger partial charge on any atom is -0.388 e. The van der Waals surface area contributed by atoms with Gasteiger partial charge in [0.25, 0.3) is 0 Å². The number of allylic oxidation sites excluding steroid dienone is 4. The molecular formula is C31H35FN6. The quantitative estimate of drug-likeness (QED) is 0.205.